The summed E-state index contributed by atoms with van der Waals surface area (Å²) in [6, 6.07) is 16.6. The van der Waals surface area contributed by atoms with Crippen molar-refractivity contribution in [2.45, 2.75) is 19.9 Å². The van der Waals surface area contributed by atoms with Gasteiger partial charge in [-0.15, -0.1) is 0 Å². The Balaban J connectivity index is 1.71. The maximum Gasteiger partial charge on any atom is 0.254 e. The summed E-state index contributed by atoms with van der Waals surface area (Å²) in [5.41, 5.74) is 2.21. The second kappa shape index (κ2) is 13.2. The van der Waals surface area contributed by atoms with Gasteiger partial charge in [-0.2, -0.15) is 4.31 Å². The number of nitrogens with zero attached hydrogens (tertiary/aromatic N) is 2. The predicted molar refractivity (Wildman–Crippen MR) is 151 cm³/mol. The second-order valence-corrected chi connectivity index (χ2v) is 10.3. The number of hydrogen-bond acceptors (Lipinski definition) is 4. The fourth-order valence-corrected chi connectivity index (χ4v) is 4.77. The molecule has 0 bridgehead atoms. The maximum atomic E-state index is 14.5. The van der Waals surface area contributed by atoms with E-state index in [0.717, 1.165) is 17.7 Å². The highest BCUT2D eigenvalue weighted by Crippen LogP contribution is 2.39. The van der Waals surface area contributed by atoms with Crippen LogP contribution in [0.25, 0.3) is 11.1 Å². The first-order chi connectivity index (χ1) is 19.2. The van der Waals surface area contributed by atoms with Gasteiger partial charge in [-0.05, 0) is 54.8 Å². The number of pyridine rings is 1. The van der Waals surface area contributed by atoms with Crippen molar-refractivity contribution >= 4 is 22.9 Å². The monoisotopic (exact) mass is 588 g/mol. The molecule has 0 aliphatic carbocycles. The standard InChI is InChI=1S/C29H27ClF2N2O5S/c1-3-38-28-16-29(35)33(2)18-23(28)22-14-19(8-10-26(22)39-27-11-9-21(31)15-25(27)32)12-13-34(40(36)37)17-20-6-4-5-7-24(20)30/h4-11,14-16,18H,3,12-13,17H2,1-2H3,(H,36,37). The molecule has 0 amide bonds. The third-order valence-electron chi connectivity index (χ3n) is 6.11. The van der Waals surface area contributed by atoms with E-state index in [-0.39, 0.29) is 30.1 Å². The Morgan fingerprint density at radius 1 is 1.00 bits per heavy atom. The molecule has 0 fully saturated rings. The van der Waals surface area contributed by atoms with E-state index in [4.69, 9.17) is 21.1 Å². The minimum Gasteiger partial charge on any atom is -0.493 e. The Bertz CT molecular complexity index is 1600. The first-order valence-electron chi connectivity index (χ1n) is 12.3. The van der Waals surface area contributed by atoms with Crippen molar-refractivity contribution in [2.24, 2.45) is 7.05 Å². The van der Waals surface area contributed by atoms with Gasteiger partial charge in [0.25, 0.3) is 5.56 Å². The molecule has 4 aromatic rings. The van der Waals surface area contributed by atoms with E-state index in [9.17, 15) is 22.3 Å². The normalized spacial score (nSPS) is 12.0. The van der Waals surface area contributed by atoms with Crippen LogP contribution in [0.2, 0.25) is 5.02 Å². The van der Waals surface area contributed by atoms with Crippen molar-refractivity contribution in [3.63, 3.8) is 0 Å². The molecule has 1 atom stereocenters. The SMILES string of the molecule is CCOc1cc(=O)n(C)cc1-c1cc(CCN(Cc2ccccc2Cl)S(=O)O)ccc1Oc1ccc(F)cc1F. The van der Waals surface area contributed by atoms with Crippen LogP contribution in [0.5, 0.6) is 17.2 Å². The summed E-state index contributed by atoms with van der Waals surface area (Å²) in [6.07, 6.45) is 1.96. The van der Waals surface area contributed by atoms with E-state index < -0.39 is 22.9 Å². The van der Waals surface area contributed by atoms with Gasteiger partial charge in [0.15, 0.2) is 11.6 Å². The molecule has 0 spiro atoms. The van der Waals surface area contributed by atoms with E-state index in [0.29, 0.717) is 40.5 Å². The van der Waals surface area contributed by atoms with Gasteiger partial charge >= 0.3 is 0 Å². The molecule has 7 nitrogen and oxygen atoms in total. The lowest BCUT2D eigenvalue weighted by atomic mass is 10.0. The van der Waals surface area contributed by atoms with Crippen molar-refractivity contribution in [3.05, 3.63) is 111 Å². The third kappa shape index (κ3) is 7.14. The Hall–Kier alpha value is -3.57. The lowest BCUT2D eigenvalue weighted by Crippen LogP contribution is -2.27. The molecule has 40 heavy (non-hydrogen) atoms. The van der Waals surface area contributed by atoms with Crippen LogP contribution in [-0.2, 0) is 31.3 Å². The molecule has 0 radical (unpaired) electrons. The molecular formula is C29H27ClF2N2O5S. The minimum atomic E-state index is -2.26. The Kier molecular flexibility index (Phi) is 9.70. The molecule has 11 heteroatoms. The van der Waals surface area contributed by atoms with Crippen LogP contribution in [-0.4, -0.2) is 30.8 Å². The molecular weight excluding hydrogens is 562 g/mol. The van der Waals surface area contributed by atoms with Gasteiger partial charge in [-0.3, -0.25) is 9.35 Å². The quantitative estimate of drug-likeness (QED) is 0.206. The summed E-state index contributed by atoms with van der Waals surface area (Å²) in [4.78, 5) is 12.3. The molecule has 0 saturated carbocycles. The summed E-state index contributed by atoms with van der Waals surface area (Å²) in [7, 11) is 1.59. The molecule has 0 aliphatic rings. The van der Waals surface area contributed by atoms with Crippen LogP contribution in [0, 0.1) is 11.6 Å². The number of aryl methyl sites for hydroxylation is 1. The van der Waals surface area contributed by atoms with E-state index >= 15 is 0 Å². The zero-order valence-electron chi connectivity index (χ0n) is 21.8. The van der Waals surface area contributed by atoms with Crippen LogP contribution < -0.4 is 15.0 Å². The van der Waals surface area contributed by atoms with Crippen LogP contribution in [0.1, 0.15) is 18.1 Å². The summed E-state index contributed by atoms with van der Waals surface area (Å²) in [5, 5.41) is 0.493. The lowest BCUT2D eigenvalue weighted by Gasteiger charge is -2.20. The average Bonchev–Trinajstić information content (AvgIpc) is 2.91. The van der Waals surface area contributed by atoms with E-state index in [1.807, 2.05) is 0 Å². The average molecular weight is 589 g/mol. The molecule has 3 aromatic carbocycles. The van der Waals surface area contributed by atoms with Crippen molar-refractivity contribution in [1.29, 1.82) is 0 Å². The summed E-state index contributed by atoms with van der Waals surface area (Å²) in [6.45, 7) is 2.45. The minimum absolute atomic E-state index is 0.163. The lowest BCUT2D eigenvalue weighted by molar-refractivity contribution is 0.340. The van der Waals surface area contributed by atoms with Gasteiger partial charge in [0, 0.05) is 54.6 Å². The third-order valence-corrected chi connectivity index (χ3v) is 7.24. The number of hydrogen-bond donors (Lipinski definition) is 1. The van der Waals surface area contributed by atoms with Gasteiger partial charge < -0.3 is 14.0 Å². The van der Waals surface area contributed by atoms with Crippen LogP contribution in [0.3, 0.4) is 0 Å². The van der Waals surface area contributed by atoms with Gasteiger partial charge in [0.1, 0.15) is 17.3 Å². The molecule has 1 unspecified atom stereocenters. The highest BCUT2D eigenvalue weighted by molar-refractivity contribution is 7.76. The van der Waals surface area contributed by atoms with Crippen LogP contribution in [0.15, 0.2) is 77.7 Å². The van der Waals surface area contributed by atoms with Gasteiger partial charge in [0.2, 0.25) is 11.3 Å². The maximum absolute atomic E-state index is 14.5. The van der Waals surface area contributed by atoms with Gasteiger partial charge in [-0.1, -0.05) is 35.9 Å². The molecule has 0 aliphatic heterocycles. The van der Waals surface area contributed by atoms with Crippen LogP contribution in [0.4, 0.5) is 8.78 Å². The number of halogens is 3. The Morgan fingerprint density at radius 3 is 2.45 bits per heavy atom. The first-order valence-corrected chi connectivity index (χ1v) is 13.8. The number of aromatic nitrogens is 1. The smallest absolute Gasteiger partial charge is 0.254 e. The first kappa shape index (κ1) is 29.4. The molecule has 210 valence electrons. The molecule has 1 aromatic heterocycles. The zero-order chi connectivity index (χ0) is 28.8. The molecule has 0 saturated heterocycles. The molecule has 1 N–H and O–H groups in total. The second-order valence-electron chi connectivity index (χ2n) is 8.88. The van der Waals surface area contributed by atoms with Gasteiger partial charge in [0.05, 0.1) is 6.61 Å². The van der Waals surface area contributed by atoms with E-state index in [1.165, 1.54) is 21.0 Å². The largest absolute Gasteiger partial charge is 0.493 e. The summed E-state index contributed by atoms with van der Waals surface area (Å²) < 4.78 is 64.3. The Labute approximate surface area is 238 Å². The van der Waals surface area contributed by atoms with Crippen molar-refractivity contribution in [3.8, 4) is 28.4 Å². The Morgan fingerprint density at radius 2 is 1.75 bits per heavy atom. The van der Waals surface area contributed by atoms with E-state index in [2.05, 4.69) is 0 Å². The number of benzene rings is 3. The highest BCUT2D eigenvalue weighted by Gasteiger charge is 2.19. The van der Waals surface area contributed by atoms with Crippen LogP contribution >= 0.6 is 11.6 Å². The molecule has 1 heterocycles. The van der Waals surface area contributed by atoms with Gasteiger partial charge in [-0.25, -0.2) is 13.0 Å². The predicted octanol–water partition coefficient (Wildman–Crippen LogP) is 6.36. The highest BCUT2D eigenvalue weighted by atomic mass is 35.5. The zero-order valence-corrected chi connectivity index (χ0v) is 23.3. The fraction of sp³-hybridized carbons (Fsp3) is 0.207. The fourth-order valence-electron chi connectivity index (χ4n) is 4.08. The number of rotatable bonds is 11. The van der Waals surface area contributed by atoms with Crippen molar-refractivity contribution in [1.82, 2.24) is 8.87 Å². The van der Waals surface area contributed by atoms with E-state index in [1.54, 1.807) is 62.6 Å². The molecule has 4 rings (SSSR count). The van der Waals surface area contributed by atoms with Crippen molar-refractivity contribution in [2.75, 3.05) is 13.2 Å². The summed E-state index contributed by atoms with van der Waals surface area (Å²) >= 11 is 3.99. The summed E-state index contributed by atoms with van der Waals surface area (Å²) in [5.74, 6) is -1.24. The number of ether oxygens (including phenoxy) is 2. The van der Waals surface area contributed by atoms with Crippen molar-refractivity contribution < 1.29 is 27.0 Å². The topological polar surface area (TPSA) is 81.0 Å².